The Kier molecular flexibility index (Phi) is 2.92. The Bertz CT molecular complexity index is 324. The SMILES string of the molecule is COC(=O)c1cc(BO)ccc1O. The highest BCUT2D eigenvalue weighted by Crippen LogP contribution is 2.14. The topological polar surface area (TPSA) is 66.8 Å². The van der Waals surface area contributed by atoms with Gasteiger partial charge in [0.1, 0.15) is 11.3 Å². The van der Waals surface area contributed by atoms with Gasteiger partial charge in [-0.2, -0.15) is 0 Å². The minimum Gasteiger partial charge on any atom is -0.507 e. The first-order chi connectivity index (χ1) is 6.19. The van der Waals surface area contributed by atoms with Crippen molar-refractivity contribution in [2.45, 2.75) is 0 Å². The zero-order valence-corrected chi connectivity index (χ0v) is 7.15. The molecule has 0 fully saturated rings. The van der Waals surface area contributed by atoms with Crippen LogP contribution < -0.4 is 5.46 Å². The van der Waals surface area contributed by atoms with E-state index in [1.165, 1.54) is 25.3 Å². The standard InChI is InChI=1S/C8H9BO4/c1-13-8(11)6-4-5(9-12)2-3-7(6)10/h2-4,9-10,12H,1H3. The molecule has 2 N–H and O–H groups in total. The number of phenols is 1. The first-order valence-corrected chi connectivity index (χ1v) is 3.70. The van der Waals surface area contributed by atoms with E-state index in [1.807, 2.05) is 0 Å². The van der Waals surface area contributed by atoms with Crippen LogP contribution in [0.3, 0.4) is 0 Å². The van der Waals surface area contributed by atoms with Crippen molar-refractivity contribution in [1.29, 1.82) is 0 Å². The number of esters is 1. The fourth-order valence-electron chi connectivity index (χ4n) is 0.955. The number of benzene rings is 1. The van der Waals surface area contributed by atoms with Gasteiger partial charge in [-0.3, -0.25) is 0 Å². The summed E-state index contributed by atoms with van der Waals surface area (Å²) in [6.07, 6.45) is 0. The Hall–Kier alpha value is -1.49. The molecule has 13 heavy (non-hydrogen) atoms. The predicted octanol–water partition coefficient (Wildman–Crippen LogP) is -0.852. The van der Waals surface area contributed by atoms with Crippen molar-refractivity contribution in [3.63, 3.8) is 0 Å². The summed E-state index contributed by atoms with van der Waals surface area (Å²) in [5.41, 5.74) is 0.618. The lowest BCUT2D eigenvalue weighted by Gasteiger charge is -2.03. The Morgan fingerprint density at radius 3 is 2.77 bits per heavy atom. The number of carbonyl (C=O) groups is 1. The van der Waals surface area contributed by atoms with Gasteiger partial charge in [0, 0.05) is 0 Å². The summed E-state index contributed by atoms with van der Waals surface area (Å²) in [7, 11) is 1.05. The monoisotopic (exact) mass is 180 g/mol. The molecule has 68 valence electrons. The molecule has 1 aromatic rings. The van der Waals surface area contributed by atoms with Crippen LogP contribution in [0.1, 0.15) is 10.4 Å². The average molecular weight is 180 g/mol. The van der Waals surface area contributed by atoms with Gasteiger partial charge in [-0.25, -0.2) is 4.79 Å². The molecule has 0 aromatic heterocycles. The van der Waals surface area contributed by atoms with E-state index in [0.29, 0.717) is 5.46 Å². The largest absolute Gasteiger partial charge is 0.507 e. The van der Waals surface area contributed by atoms with Crippen LogP contribution in [-0.2, 0) is 4.74 Å². The Labute approximate surface area is 76.0 Å². The highest BCUT2D eigenvalue weighted by molar-refractivity contribution is 6.45. The maximum absolute atomic E-state index is 11.0. The van der Waals surface area contributed by atoms with Gasteiger partial charge in [-0.05, 0) is 12.1 Å². The van der Waals surface area contributed by atoms with Crippen molar-refractivity contribution in [3.05, 3.63) is 23.8 Å². The van der Waals surface area contributed by atoms with Crippen LogP contribution in [-0.4, -0.2) is 30.7 Å². The molecule has 0 heterocycles. The summed E-state index contributed by atoms with van der Waals surface area (Å²) in [5, 5.41) is 18.0. The van der Waals surface area contributed by atoms with E-state index in [0.717, 1.165) is 0 Å². The van der Waals surface area contributed by atoms with Crippen LogP contribution in [0, 0.1) is 0 Å². The number of rotatable bonds is 2. The number of phenolic OH excluding ortho intramolecular Hbond substituents is 1. The Morgan fingerprint density at radius 2 is 2.23 bits per heavy atom. The lowest BCUT2D eigenvalue weighted by Crippen LogP contribution is -2.15. The molecule has 0 bridgehead atoms. The lowest BCUT2D eigenvalue weighted by atomic mass is 9.87. The van der Waals surface area contributed by atoms with E-state index in [9.17, 15) is 9.90 Å². The number of hydrogen-bond donors (Lipinski definition) is 2. The van der Waals surface area contributed by atoms with Crippen molar-refractivity contribution in [2.75, 3.05) is 7.11 Å². The van der Waals surface area contributed by atoms with Crippen LogP contribution in [0.15, 0.2) is 18.2 Å². The van der Waals surface area contributed by atoms with Gasteiger partial charge < -0.3 is 14.9 Å². The van der Waals surface area contributed by atoms with Crippen molar-refractivity contribution in [2.24, 2.45) is 0 Å². The van der Waals surface area contributed by atoms with E-state index in [1.54, 1.807) is 0 Å². The van der Waals surface area contributed by atoms with Gasteiger partial charge in [0.25, 0.3) is 0 Å². The molecule has 0 aliphatic carbocycles. The average Bonchev–Trinajstić information content (AvgIpc) is 2.17. The van der Waals surface area contributed by atoms with Crippen molar-refractivity contribution >= 4 is 18.9 Å². The highest BCUT2D eigenvalue weighted by Gasteiger charge is 2.11. The molecule has 4 nitrogen and oxygen atoms in total. The van der Waals surface area contributed by atoms with Crippen LogP contribution >= 0.6 is 0 Å². The molecule has 0 amide bonds. The zero-order valence-electron chi connectivity index (χ0n) is 7.15. The third kappa shape index (κ3) is 2.00. The van der Waals surface area contributed by atoms with Crippen LogP contribution in [0.5, 0.6) is 5.75 Å². The molecule has 0 saturated carbocycles. The maximum Gasteiger partial charge on any atom is 0.341 e. The smallest absolute Gasteiger partial charge is 0.341 e. The summed E-state index contributed by atoms with van der Waals surface area (Å²) in [4.78, 5) is 11.0. The predicted molar refractivity (Wildman–Crippen MR) is 48.4 cm³/mol. The maximum atomic E-state index is 11.0. The zero-order chi connectivity index (χ0) is 9.84. The molecule has 1 rings (SSSR count). The minimum absolute atomic E-state index is 0.0639. The van der Waals surface area contributed by atoms with E-state index < -0.39 is 5.97 Å². The van der Waals surface area contributed by atoms with Gasteiger partial charge in [-0.1, -0.05) is 11.5 Å². The third-order valence-corrected chi connectivity index (χ3v) is 1.65. The second kappa shape index (κ2) is 3.95. The Balaban J connectivity index is 3.11. The first kappa shape index (κ1) is 9.60. The molecule has 5 heteroatoms. The number of hydrogen-bond acceptors (Lipinski definition) is 4. The van der Waals surface area contributed by atoms with Gasteiger partial charge >= 0.3 is 13.5 Å². The molecular weight excluding hydrogens is 171 g/mol. The molecule has 0 aliphatic heterocycles. The number of aromatic hydroxyl groups is 1. The second-order valence-corrected chi connectivity index (χ2v) is 2.50. The number of ether oxygens (including phenoxy) is 1. The molecule has 0 aliphatic rings. The van der Waals surface area contributed by atoms with Crippen molar-refractivity contribution < 1.29 is 19.7 Å². The normalized spacial score (nSPS) is 9.38. The summed E-state index contributed by atoms with van der Waals surface area (Å²) in [6.45, 7) is 0. The lowest BCUT2D eigenvalue weighted by molar-refractivity contribution is 0.0597. The molecule has 0 saturated heterocycles. The molecule has 0 atom stereocenters. The molecular formula is C8H9BO4. The summed E-state index contributed by atoms with van der Waals surface area (Å²) >= 11 is 0. The van der Waals surface area contributed by atoms with E-state index >= 15 is 0 Å². The number of carbonyl (C=O) groups excluding carboxylic acids is 1. The highest BCUT2D eigenvalue weighted by atomic mass is 16.5. The molecule has 1 aromatic carbocycles. The van der Waals surface area contributed by atoms with Crippen LogP contribution in [0.25, 0.3) is 0 Å². The molecule has 0 spiro atoms. The summed E-state index contributed by atoms with van der Waals surface area (Å²) in [5.74, 6) is -0.767. The summed E-state index contributed by atoms with van der Waals surface area (Å²) < 4.78 is 4.44. The fraction of sp³-hybridized carbons (Fsp3) is 0.125. The number of methoxy groups -OCH3 is 1. The quantitative estimate of drug-likeness (QED) is 0.459. The third-order valence-electron chi connectivity index (χ3n) is 1.65. The van der Waals surface area contributed by atoms with Crippen LogP contribution in [0.2, 0.25) is 0 Å². The van der Waals surface area contributed by atoms with Gasteiger partial charge in [0.05, 0.1) is 7.11 Å². The van der Waals surface area contributed by atoms with E-state index in [-0.39, 0.29) is 18.8 Å². The van der Waals surface area contributed by atoms with Crippen molar-refractivity contribution in [3.8, 4) is 5.75 Å². The molecule has 0 radical (unpaired) electrons. The Morgan fingerprint density at radius 1 is 1.54 bits per heavy atom. The fourth-order valence-corrected chi connectivity index (χ4v) is 0.955. The van der Waals surface area contributed by atoms with Gasteiger partial charge in [0.2, 0.25) is 0 Å². The first-order valence-electron chi connectivity index (χ1n) is 3.70. The van der Waals surface area contributed by atoms with Crippen LogP contribution in [0.4, 0.5) is 0 Å². The summed E-state index contributed by atoms with van der Waals surface area (Å²) in [6, 6.07) is 4.26. The minimum atomic E-state index is -0.618. The van der Waals surface area contributed by atoms with E-state index in [4.69, 9.17) is 5.02 Å². The molecule has 0 unspecified atom stereocenters. The van der Waals surface area contributed by atoms with Gasteiger partial charge in [0.15, 0.2) is 0 Å². The van der Waals surface area contributed by atoms with Crippen molar-refractivity contribution in [1.82, 2.24) is 0 Å². The second-order valence-electron chi connectivity index (χ2n) is 2.50. The van der Waals surface area contributed by atoms with Gasteiger partial charge in [-0.15, -0.1) is 0 Å². The van der Waals surface area contributed by atoms with E-state index in [2.05, 4.69) is 4.74 Å².